The maximum Gasteiger partial charge on any atom is 0.223 e. The van der Waals surface area contributed by atoms with E-state index < -0.39 is 6.10 Å². The van der Waals surface area contributed by atoms with Gasteiger partial charge in [0.1, 0.15) is 0 Å². The molecule has 104 valence electrons. The number of benzene rings is 1. The van der Waals surface area contributed by atoms with Crippen LogP contribution in [0.1, 0.15) is 43.9 Å². The van der Waals surface area contributed by atoms with Crippen molar-refractivity contribution in [3.05, 3.63) is 35.4 Å². The summed E-state index contributed by atoms with van der Waals surface area (Å²) in [7, 11) is 0. The Bertz CT molecular complexity index is 441. The molecule has 1 aromatic rings. The summed E-state index contributed by atoms with van der Waals surface area (Å²) in [6, 6.07) is 8.18. The first-order valence-corrected chi connectivity index (χ1v) is 7.07. The van der Waals surface area contributed by atoms with Crippen molar-refractivity contribution >= 4 is 5.91 Å². The van der Waals surface area contributed by atoms with Crippen LogP contribution in [0, 0.1) is 12.8 Å². The first-order chi connectivity index (χ1) is 9.02. The zero-order chi connectivity index (χ0) is 14.0. The molecule has 1 aromatic carbocycles. The molecular formula is C16H23NO2. The molecule has 1 aliphatic rings. The Balaban J connectivity index is 2.07. The number of aliphatic hydroxyl groups excluding tert-OH is 1. The van der Waals surface area contributed by atoms with Crippen LogP contribution in [-0.4, -0.2) is 28.5 Å². The molecule has 0 spiro atoms. The second-order valence-electron chi connectivity index (χ2n) is 5.62. The molecular weight excluding hydrogens is 238 g/mol. The fourth-order valence-electron chi connectivity index (χ4n) is 2.65. The molecule has 1 fully saturated rings. The standard InChI is InChI=1S/C16H23NO2/c1-4-12(3)17-10-14(9-15(17)18)16(19)13-7-5-11(2)6-8-13/h5-8,12,14,16,19H,4,9-10H2,1-3H3. The lowest BCUT2D eigenvalue weighted by Gasteiger charge is -2.24. The lowest BCUT2D eigenvalue weighted by atomic mass is 9.94. The lowest BCUT2D eigenvalue weighted by molar-refractivity contribution is -0.129. The molecule has 0 saturated carbocycles. The molecule has 1 aliphatic heterocycles. The van der Waals surface area contributed by atoms with Gasteiger partial charge >= 0.3 is 0 Å². The molecule has 1 amide bonds. The largest absolute Gasteiger partial charge is 0.388 e. The molecule has 0 aliphatic carbocycles. The van der Waals surface area contributed by atoms with Gasteiger partial charge in [-0.05, 0) is 25.8 Å². The first-order valence-electron chi connectivity index (χ1n) is 7.07. The minimum atomic E-state index is -0.543. The number of amides is 1. The number of hydrogen-bond donors (Lipinski definition) is 1. The molecule has 0 aromatic heterocycles. The molecule has 1 saturated heterocycles. The summed E-state index contributed by atoms with van der Waals surface area (Å²) in [5, 5.41) is 10.4. The topological polar surface area (TPSA) is 40.5 Å². The fourth-order valence-corrected chi connectivity index (χ4v) is 2.65. The van der Waals surface area contributed by atoms with Crippen molar-refractivity contribution in [3.63, 3.8) is 0 Å². The maximum absolute atomic E-state index is 12.0. The van der Waals surface area contributed by atoms with Crippen molar-refractivity contribution in [2.45, 2.75) is 45.8 Å². The van der Waals surface area contributed by atoms with Gasteiger partial charge in [-0.25, -0.2) is 0 Å². The highest BCUT2D eigenvalue weighted by Gasteiger charge is 2.36. The average Bonchev–Trinajstić information content (AvgIpc) is 2.80. The van der Waals surface area contributed by atoms with Gasteiger partial charge in [0.25, 0.3) is 0 Å². The summed E-state index contributed by atoms with van der Waals surface area (Å²) in [6.45, 7) is 6.85. The van der Waals surface area contributed by atoms with E-state index in [0.717, 1.165) is 12.0 Å². The summed E-state index contributed by atoms with van der Waals surface area (Å²) in [5.41, 5.74) is 2.09. The van der Waals surface area contributed by atoms with Gasteiger partial charge in [-0.2, -0.15) is 0 Å². The van der Waals surface area contributed by atoms with Crippen LogP contribution in [-0.2, 0) is 4.79 Å². The van der Waals surface area contributed by atoms with Crippen molar-refractivity contribution in [2.24, 2.45) is 5.92 Å². The summed E-state index contributed by atoms with van der Waals surface area (Å²) in [6.07, 6.45) is 0.872. The quantitative estimate of drug-likeness (QED) is 0.905. The second-order valence-corrected chi connectivity index (χ2v) is 5.62. The third-order valence-corrected chi connectivity index (χ3v) is 4.18. The molecule has 19 heavy (non-hydrogen) atoms. The summed E-state index contributed by atoms with van der Waals surface area (Å²) in [5.74, 6) is 0.190. The number of aryl methyl sites for hydroxylation is 1. The highest BCUT2D eigenvalue weighted by molar-refractivity contribution is 5.79. The smallest absolute Gasteiger partial charge is 0.223 e. The van der Waals surface area contributed by atoms with Crippen molar-refractivity contribution < 1.29 is 9.90 Å². The van der Waals surface area contributed by atoms with E-state index >= 15 is 0 Å². The monoisotopic (exact) mass is 261 g/mol. The predicted molar refractivity (Wildman–Crippen MR) is 75.7 cm³/mol. The number of rotatable bonds is 4. The molecule has 0 radical (unpaired) electrons. The first kappa shape index (κ1) is 14.1. The molecule has 1 N–H and O–H groups in total. The highest BCUT2D eigenvalue weighted by Crippen LogP contribution is 2.32. The van der Waals surface area contributed by atoms with Crippen LogP contribution < -0.4 is 0 Å². The van der Waals surface area contributed by atoms with Gasteiger partial charge in [-0.1, -0.05) is 36.8 Å². The minimum Gasteiger partial charge on any atom is -0.388 e. The molecule has 3 heteroatoms. The molecule has 3 atom stereocenters. The van der Waals surface area contributed by atoms with Gasteiger partial charge in [0.05, 0.1) is 6.10 Å². The van der Waals surface area contributed by atoms with E-state index in [-0.39, 0.29) is 17.9 Å². The van der Waals surface area contributed by atoms with E-state index in [2.05, 4.69) is 13.8 Å². The van der Waals surface area contributed by atoms with E-state index in [1.54, 1.807) is 0 Å². The molecule has 3 nitrogen and oxygen atoms in total. The van der Waals surface area contributed by atoms with Crippen LogP contribution in [0.2, 0.25) is 0 Å². The van der Waals surface area contributed by atoms with E-state index in [0.29, 0.717) is 13.0 Å². The maximum atomic E-state index is 12.0. The van der Waals surface area contributed by atoms with Crippen molar-refractivity contribution in [2.75, 3.05) is 6.54 Å². The Morgan fingerprint density at radius 2 is 2.00 bits per heavy atom. The van der Waals surface area contributed by atoms with Crippen LogP contribution in [0.4, 0.5) is 0 Å². The van der Waals surface area contributed by atoms with Gasteiger partial charge < -0.3 is 10.0 Å². The summed E-state index contributed by atoms with van der Waals surface area (Å²) < 4.78 is 0. The molecule has 2 rings (SSSR count). The van der Waals surface area contributed by atoms with Crippen molar-refractivity contribution in [1.82, 2.24) is 4.90 Å². The zero-order valence-electron chi connectivity index (χ0n) is 12.0. The number of hydrogen-bond acceptors (Lipinski definition) is 2. The Hall–Kier alpha value is -1.35. The Morgan fingerprint density at radius 1 is 1.37 bits per heavy atom. The third-order valence-electron chi connectivity index (χ3n) is 4.18. The SMILES string of the molecule is CCC(C)N1CC(C(O)c2ccc(C)cc2)CC1=O. The lowest BCUT2D eigenvalue weighted by Crippen LogP contribution is -2.34. The van der Waals surface area contributed by atoms with Crippen LogP contribution in [0.25, 0.3) is 0 Å². The summed E-state index contributed by atoms with van der Waals surface area (Å²) >= 11 is 0. The van der Waals surface area contributed by atoms with E-state index in [1.807, 2.05) is 36.1 Å². The van der Waals surface area contributed by atoms with Crippen LogP contribution >= 0.6 is 0 Å². The Kier molecular flexibility index (Phi) is 4.25. The zero-order valence-corrected chi connectivity index (χ0v) is 12.0. The number of aliphatic hydroxyl groups is 1. The normalized spacial score (nSPS) is 22.6. The van der Waals surface area contributed by atoms with Crippen LogP contribution in [0.3, 0.4) is 0 Å². The predicted octanol–water partition coefficient (Wildman–Crippen LogP) is 2.68. The number of carbonyl (C=O) groups excluding carboxylic acids is 1. The van der Waals surface area contributed by atoms with Gasteiger partial charge in [-0.3, -0.25) is 4.79 Å². The summed E-state index contributed by atoms with van der Waals surface area (Å²) in [4.78, 5) is 13.9. The number of likely N-dealkylation sites (tertiary alicyclic amines) is 1. The van der Waals surface area contributed by atoms with Crippen molar-refractivity contribution in [3.8, 4) is 0 Å². The van der Waals surface area contributed by atoms with E-state index in [4.69, 9.17) is 0 Å². The van der Waals surface area contributed by atoms with E-state index in [9.17, 15) is 9.90 Å². The third kappa shape index (κ3) is 2.98. The number of carbonyl (C=O) groups is 1. The Labute approximate surface area is 115 Å². The number of nitrogens with zero attached hydrogens (tertiary/aromatic N) is 1. The van der Waals surface area contributed by atoms with Gasteiger partial charge in [0, 0.05) is 24.9 Å². The molecule has 3 unspecified atom stereocenters. The van der Waals surface area contributed by atoms with Gasteiger partial charge in [-0.15, -0.1) is 0 Å². The van der Waals surface area contributed by atoms with Crippen molar-refractivity contribution in [1.29, 1.82) is 0 Å². The van der Waals surface area contributed by atoms with Crippen LogP contribution in [0.15, 0.2) is 24.3 Å². The second kappa shape index (κ2) is 5.74. The van der Waals surface area contributed by atoms with Gasteiger partial charge in [0.15, 0.2) is 0 Å². The van der Waals surface area contributed by atoms with E-state index in [1.165, 1.54) is 5.56 Å². The highest BCUT2D eigenvalue weighted by atomic mass is 16.3. The fraction of sp³-hybridized carbons (Fsp3) is 0.562. The molecule has 0 bridgehead atoms. The Morgan fingerprint density at radius 3 is 2.58 bits per heavy atom. The van der Waals surface area contributed by atoms with Gasteiger partial charge in [0.2, 0.25) is 5.91 Å². The minimum absolute atomic E-state index is 0.0178. The molecule has 1 heterocycles. The van der Waals surface area contributed by atoms with Crippen LogP contribution in [0.5, 0.6) is 0 Å². The average molecular weight is 261 g/mol.